The molecule has 1 heterocycles. The van der Waals surface area contributed by atoms with Crippen LogP contribution >= 0.6 is 0 Å². The predicted molar refractivity (Wildman–Crippen MR) is 78.1 cm³/mol. The maximum Gasteiger partial charge on any atom is 0.207 e. The number of hydrogen-bond donors (Lipinski definition) is 1. The van der Waals surface area contributed by atoms with Crippen LogP contribution in [-0.2, 0) is 6.54 Å². The van der Waals surface area contributed by atoms with Gasteiger partial charge in [-0.2, -0.15) is 0 Å². The Morgan fingerprint density at radius 3 is 2.58 bits per heavy atom. The minimum absolute atomic E-state index is 0.756. The highest BCUT2D eigenvalue weighted by Crippen LogP contribution is 2.20. The summed E-state index contributed by atoms with van der Waals surface area (Å²) in [6.45, 7) is 7.86. The van der Waals surface area contributed by atoms with Gasteiger partial charge in [-0.1, -0.05) is 6.92 Å². The van der Waals surface area contributed by atoms with Gasteiger partial charge in [-0.05, 0) is 44.5 Å². The van der Waals surface area contributed by atoms with Crippen molar-refractivity contribution < 1.29 is 4.74 Å². The highest BCUT2D eigenvalue weighted by atomic mass is 16.5. The smallest absolute Gasteiger partial charge is 0.207 e. The first-order valence-corrected chi connectivity index (χ1v) is 6.76. The van der Waals surface area contributed by atoms with E-state index in [0.717, 1.165) is 42.7 Å². The molecule has 0 aliphatic heterocycles. The van der Waals surface area contributed by atoms with Crippen LogP contribution in [0.4, 0.5) is 11.6 Å². The third-order valence-electron chi connectivity index (χ3n) is 2.82. The van der Waals surface area contributed by atoms with Gasteiger partial charge in [0.2, 0.25) is 5.95 Å². The van der Waals surface area contributed by atoms with Crippen LogP contribution in [0, 0.1) is 6.92 Å². The van der Waals surface area contributed by atoms with E-state index in [1.807, 2.05) is 37.4 Å². The number of rotatable bonds is 6. The molecule has 0 radical (unpaired) electrons. The van der Waals surface area contributed by atoms with E-state index in [2.05, 4.69) is 28.7 Å². The molecule has 19 heavy (non-hydrogen) atoms. The molecule has 2 rings (SSSR count). The molecule has 0 saturated heterocycles. The number of nitrogens with one attached hydrogen (secondary N) is 1. The van der Waals surface area contributed by atoms with Crippen LogP contribution in [0.3, 0.4) is 0 Å². The first-order valence-electron chi connectivity index (χ1n) is 6.76. The van der Waals surface area contributed by atoms with Crippen LogP contribution in [0.5, 0.6) is 5.75 Å². The van der Waals surface area contributed by atoms with Gasteiger partial charge in [-0.3, -0.25) is 0 Å². The second-order valence-electron chi connectivity index (χ2n) is 4.49. The number of aromatic nitrogens is 2. The first kappa shape index (κ1) is 13.5. The van der Waals surface area contributed by atoms with Crippen molar-refractivity contribution in [3.63, 3.8) is 0 Å². The standard InChI is InChI=1S/C15H21N3O/c1-4-10-19-14-8-6-13(7-9-14)17-15-16-12(3)11-18(15)5-2/h6-9,11H,4-5,10H2,1-3H3,(H,16,17). The van der Waals surface area contributed by atoms with Gasteiger partial charge in [0.05, 0.1) is 12.3 Å². The first-order chi connectivity index (χ1) is 9.22. The monoisotopic (exact) mass is 259 g/mol. The molecule has 0 aliphatic carbocycles. The van der Waals surface area contributed by atoms with Crippen molar-refractivity contribution in [1.29, 1.82) is 0 Å². The minimum Gasteiger partial charge on any atom is -0.494 e. The molecule has 4 heteroatoms. The average Bonchev–Trinajstić information content (AvgIpc) is 2.78. The SMILES string of the molecule is CCCOc1ccc(Nc2nc(C)cn2CC)cc1. The van der Waals surface area contributed by atoms with E-state index >= 15 is 0 Å². The lowest BCUT2D eigenvalue weighted by atomic mass is 10.3. The molecule has 0 aliphatic rings. The number of anilines is 2. The van der Waals surface area contributed by atoms with E-state index in [4.69, 9.17) is 4.74 Å². The molecular weight excluding hydrogens is 238 g/mol. The molecule has 0 unspecified atom stereocenters. The fourth-order valence-electron chi connectivity index (χ4n) is 1.87. The molecular formula is C15H21N3O. The van der Waals surface area contributed by atoms with E-state index in [-0.39, 0.29) is 0 Å². The number of hydrogen-bond acceptors (Lipinski definition) is 3. The Bertz CT molecular complexity index is 517. The fraction of sp³-hybridized carbons (Fsp3) is 0.400. The Hall–Kier alpha value is -1.97. The lowest BCUT2D eigenvalue weighted by Crippen LogP contribution is -2.01. The molecule has 2 aromatic rings. The number of nitrogens with zero attached hydrogens (tertiary/aromatic N) is 2. The van der Waals surface area contributed by atoms with Gasteiger partial charge in [0.1, 0.15) is 5.75 Å². The van der Waals surface area contributed by atoms with Gasteiger partial charge < -0.3 is 14.6 Å². The van der Waals surface area contributed by atoms with E-state index in [1.54, 1.807) is 0 Å². The zero-order valence-corrected chi connectivity index (χ0v) is 11.8. The Balaban J connectivity index is 2.06. The minimum atomic E-state index is 0.756. The molecule has 0 saturated carbocycles. The van der Waals surface area contributed by atoms with Crippen molar-refractivity contribution in [2.45, 2.75) is 33.7 Å². The summed E-state index contributed by atoms with van der Waals surface area (Å²) < 4.78 is 7.65. The Morgan fingerprint density at radius 2 is 1.95 bits per heavy atom. The van der Waals surface area contributed by atoms with Crippen molar-refractivity contribution in [2.24, 2.45) is 0 Å². The van der Waals surface area contributed by atoms with Crippen molar-refractivity contribution in [1.82, 2.24) is 9.55 Å². The van der Waals surface area contributed by atoms with Crippen LogP contribution in [0.25, 0.3) is 0 Å². The highest BCUT2D eigenvalue weighted by molar-refractivity contribution is 5.55. The summed E-state index contributed by atoms with van der Waals surface area (Å²) >= 11 is 0. The van der Waals surface area contributed by atoms with E-state index in [1.165, 1.54) is 0 Å². The highest BCUT2D eigenvalue weighted by Gasteiger charge is 2.04. The normalized spacial score (nSPS) is 10.5. The molecule has 1 N–H and O–H groups in total. The molecule has 4 nitrogen and oxygen atoms in total. The molecule has 102 valence electrons. The summed E-state index contributed by atoms with van der Waals surface area (Å²) in [5.74, 6) is 1.78. The topological polar surface area (TPSA) is 39.1 Å². The quantitative estimate of drug-likeness (QED) is 0.858. The van der Waals surface area contributed by atoms with E-state index in [9.17, 15) is 0 Å². The second-order valence-corrected chi connectivity index (χ2v) is 4.49. The van der Waals surface area contributed by atoms with Gasteiger partial charge in [0.25, 0.3) is 0 Å². The molecule has 0 bridgehead atoms. The predicted octanol–water partition coefficient (Wildman–Crippen LogP) is 3.74. The second kappa shape index (κ2) is 6.27. The van der Waals surface area contributed by atoms with Crippen LogP contribution in [0.15, 0.2) is 30.5 Å². The molecule has 0 amide bonds. The van der Waals surface area contributed by atoms with Crippen molar-refractivity contribution in [3.05, 3.63) is 36.2 Å². The zero-order valence-electron chi connectivity index (χ0n) is 11.8. The third kappa shape index (κ3) is 3.50. The molecule has 1 aromatic heterocycles. The number of aryl methyl sites for hydroxylation is 2. The molecule has 1 aromatic carbocycles. The number of imidazole rings is 1. The van der Waals surface area contributed by atoms with Gasteiger partial charge in [-0.25, -0.2) is 4.98 Å². The average molecular weight is 259 g/mol. The summed E-state index contributed by atoms with van der Waals surface area (Å²) in [4.78, 5) is 4.47. The Kier molecular flexibility index (Phi) is 4.44. The largest absolute Gasteiger partial charge is 0.494 e. The van der Waals surface area contributed by atoms with Crippen LogP contribution < -0.4 is 10.1 Å². The zero-order chi connectivity index (χ0) is 13.7. The van der Waals surface area contributed by atoms with Gasteiger partial charge in [0.15, 0.2) is 0 Å². The number of benzene rings is 1. The lowest BCUT2D eigenvalue weighted by Gasteiger charge is -2.09. The van der Waals surface area contributed by atoms with Gasteiger partial charge in [-0.15, -0.1) is 0 Å². The van der Waals surface area contributed by atoms with Gasteiger partial charge in [0, 0.05) is 18.4 Å². The maximum atomic E-state index is 5.56. The summed E-state index contributed by atoms with van der Waals surface area (Å²) in [6, 6.07) is 7.97. The van der Waals surface area contributed by atoms with Crippen molar-refractivity contribution in [3.8, 4) is 5.75 Å². The van der Waals surface area contributed by atoms with E-state index in [0.29, 0.717) is 0 Å². The van der Waals surface area contributed by atoms with Crippen LogP contribution in [0.2, 0.25) is 0 Å². The third-order valence-corrected chi connectivity index (χ3v) is 2.82. The Labute approximate surface area is 114 Å². The molecule has 0 fully saturated rings. The number of ether oxygens (including phenoxy) is 1. The van der Waals surface area contributed by atoms with Gasteiger partial charge >= 0.3 is 0 Å². The fourth-order valence-corrected chi connectivity index (χ4v) is 1.87. The van der Waals surface area contributed by atoms with Crippen LogP contribution in [0.1, 0.15) is 26.0 Å². The summed E-state index contributed by atoms with van der Waals surface area (Å²) in [7, 11) is 0. The van der Waals surface area contributed by atoms with Crippen molar-refractivity contribution >= 4 is 11.6 Å². The summed E-state index contributed by atoms with van der Waals surface area (Å²) in [5, 5.41) is 3.32. The van der Waals surface area contributed by atoms with Crippen LogP contribution in [-0.4, -0.2) is 16.2 Å². The summed E-state index contributed by atoms with van der Waals surface area (Å²) in [5.41, 5.74) is 2.04. The lowest BCUT2D eigenvalue weighted by molar-refractivity contribution is 0.317. The summed E-state index contributed by atoms with van der Waals surface area (Å²) in [6.07, 6.45) is 3.06. The Morgan fingerprint density at radius 1 is 1.21 bits per heavy atom. The van der Waals surface area contributed by atoms with E-state index < -0.39 is 0 Å². The molecule has 0 atom stereocenters. The maximum absolute atomic E-state index is 5.56. The van der Waals surface area contributed by atoms with Crippen molar-refractivity contribution in [2.75, 3.05) is 11.9 Å². The molecule has 0 spiro atoms.